The van der Waals surface area contributed by atoms with Gasteiger partial charge in [0.1, 0.15) is 0 Å². The summed E-state index contributed by atoms with van der Waals surface area (Å²) in [6, 6.07) is 4.51. The molecule has 21 heavy (non-hydrogen) atoms. The van der Waals surface area contributed by atoms with Gasteiger partial charge in [-0.2, -0.15) is 0 Å². The summed E-state index contributed by atoms with van der Waals surface area (Å²) in [6.07, 6.45) is 2.65. The molecule has 0 fully saturated rings. The zero-order valence-electron chi connectivity index (χ0n) is 10.9. The summed E-state index contributed by atoms with van der Waals surface area (Å²) in [7, 11) is 0. The third-order valence-corrected chi connectivity index (χ3v) is 2.60. The Hall–Kier alpha value is -3.23. The highest BCUT2D eigenvalue weighted by molar-refractivity contribution is 5.97. The highest BCUT2D eigenvalue weighted by atomic mass is 16.6. The van der Waals surface area contributed by atoms with Gasteiger partial charge in [0.2, 0.25) is 11.6 Å². The predicted molar refractivity (Wildman–Crippen MR) is 72.5 cm³/mol. The van der Waals surface area contributed by atoms with E-state index in [4.69, 9.17) is 15.7 Å². The van der Waals surface area contributed by atoms with Crippen molar-refractivity contribution in [1.29, 1.82) is 0 Å². The predicted octanol–water partition coefficient (Wildman–Crippen LogP) is 1.58. The Labute approximate surface area is 118 Å². The van der Waals surface area contributed by atoms with Crippen molar-refractivity contribution in [2.45, 2.75) is 6.92 Å². The number of nitro groups is 1. The molecule has 1 heterocycles. The van der Waals surface area contributed by atoms with Crippen LogP contribution in [0.1, 0.15) is 11.3 Å². The molecule has 0 radical (unpaired) electrons. The van der Waals surface area contributed by atoms with Crippen molar-refractivity contribution < 1.29 is 14.9 Å². The molecular weight excluding hydrogens is 278 g/mol. The van der Waals surface area contributed by atoms with Crippen molar-refractivity contribution in [1.82, 2.24) is 9.97 Å². The number of nitrogens with zero attached hydrogens (tertiary/aromatic N) is 4. The maximum atomic E-state index is 11.0. The second kappa shape index (κ2) is 5.82. The molecule has 1 aromatic heterocycles. The fraction of sp³-hybridized carbons (Fsp3) is 0.0833. The molecule has 0 amide bonds. The van der Waals surface area contributed by atoms with Crippen molar-refractivity contribution in [3.8, 4) is 11.6 Å². The van der Waals surface area contributed by atoms with E-state index >= 15 is 0 Å². The van der Waals surface area contributed by atoms with E-state index in [1.165, 1.54) is 18.5 Å². The topological polar surface area (TPSA) is 137 Å². The van der Waals surface area contributed by atoms with Gasteiger partial charge in [0.05, 0.1) is 4.92 Å². The number of aromatic nitrogens is 2. The van der Waals surface area contributed by atoms with E-state index in [0.717, 1.165) is 0 Å². The van der Waals surface area contributed by atoms with Crippen LogP contribution >= 0.6 is 0 Å². The molecule has 3 N–H and O–H groups in total. The summed E-state index contributed by atoms with van der Waals surface area (Å²) in [6.45, 7) is 1.65. The van der Waals surface area contributed by atoms with Gasteiger partial charge in [0, 0.05) is 18.5 Å². The maximum absolute atomic E-state index is 11.0. The van der Waals surface area contributed by atoms with E-state index in [0.29, 0.717) is 5.56 Å². The number of oxime groups is 1. The van der Waals surface area contributed by atoms with Crippen molar-refractivity contribution in [2.75, 3.05) is 0 Å². The number of para-hydroxylation sites is 1. The van der Waals surface area contributed by atoms with E-state index in [9.17, 15) is 10.1 Å². The molecule has 0 aliphatic heterocycles. The lowest BCUT2D eigenvalue weighted by Crippen LogP contribution is -2.16. The van der Waals surface area contributed by atoms with Crippen LogP contribution in [0, 0.1) is 17.0 Å². The SMILES string of the molecule is Cc1cccc([N+](=O)[O-])c1Oc1nccnc1/C(N)=N/O. The number of aryl methyl sites for hydroxylation is 1. The van der Waals surface area contributed by atoms with Crippen LogP contribution in [-0.2, 0) is 0 Å². The van der Waals surface area contributed by atoms with Gasteiger partial charge in [-0.1, -0.05) is 17.3 Å². The van der Waals surface area contributed by atoms with Crippen molar-refractivity contribution in [2.24, 2.45) is 10.9 Å². The summed E-state index contributed by atoms with van der Waals surface area (Å²) >= 11 is 0. The Morgan fingerprint density at radius 1 is 1.43 bits per heavy atom. The van der Waals surface area contributed by atoms with Gasteiger partial charge in [-0.05, 0) is 12.5 Å². The molecule has 0 bridgehead atoms. The van der Waals surface area contributed by atoms with Crippen LogP contribution in [0.25, 0.3) is 0 Å². The van der Waals surface area contributed by atoms with E-state index in [-0.39, 0.29) is 28.8 Å². The highest BCUT2D eigenvalue weighted by Crippen LogP contribution is 2.34. The number of ether oxygens (including phenoxy) is 1. The molecule has 0 atom stereocenters. The first-order valence-electron chi connectivity index (χ1n) is 5.75. The van der Waals surface area contributed by atoms with Crippen LogP contribution < -0.4 is 10.5 Å². The van der Waals surface area contributed by atoms with Gasteiger partial charge in [0.25, 0.3) is 0 Å². The van der Waals surface area contributed by atoms with Gasteiger partial charge < -0.3 is 15.7 Å². The van der Waals surface area contributed by atoms with Crippen LogP contribution in [0.4, 0.5) is 5.69 Å². The average molecular weight is 289 g/mol. The largest absolute Gasteiger partial charge is 0.429 e. The first kappa shape index (κ1) is 14.2. The normalized spacial score (nSPS) is 11.2. The zero-order chi connectivity index (χ0) is 15.4. The first-order chi connectivity index (χ1) is 10.0. The lowest BCUT2D eigenvalue weighted by molar-refractivity contribution is -0.385. The second-order valence-corrected chi connectivity index (χ2v) is 3.98. The zero-order valence-corrected chi connectivity index (χ0v) is 10.9. The number of rotatable bonds is 4. The van der Waals surface area contributed by atoms with Gasteiger partial charge in [-0.15, -0.1) is 0 Å². The van der Waals surface area contributed by atoms with E-state index in [1.807, 2.05) is 0 Å². The van der Waals surface area contributed by atoms with E-state index < -0.39 is 4.92 Å². The minimum Gasteiger partial charge on any atom is -0.429 e. The number of amidine groups is 1. The minimum absolute atomic E-state index is 0.0162. The monoisotopic (exact) mass is 289 g/mol. The van der Waals surface area contributed by atoms with E-state index in [2.05, 4.69) is 15.1 Å². The highest BCUT2D eigenvalue weighted by Gasteiger charge is 2.21. The Kier molecular flexibility index (Phi) is 3.93. The quantitative estimate of drug-likeness (QED) is 0.286. The van der Waals surface area contributed by atoms with Crippen LogP contribution in [0.3, 0.4) is 0 Å². The first-order valence-corrected chi connectivity index (χ1v) is 5.75. The molecule has 1 aromatic carbocycles. The summed E-state index contributed by atoms with van der Waals surface area (Å²) in [5, 5.41) is 22.6. The smallest absolute Gasteiger partial charge is 0.311 e. The van der Waals surface area contributed by atoms with Crippen molar-refractivity contribution in [3.05, 3.63) is 52.0 Å². The average Bonchev–Trinajstić information content (AvgIpc) is 2.48. The number of nitro benzene ring substituents is 1. The fourth-order valence-electron chi connectivity index (χ4n) is 1.63. The molecule has 2 rings (SSSR count). The Morgan fingerprint density at radius 3 is 2.81 bits per heavy atom. The summed E-state index contributed by atoms with van der Waals surface area (Å²) in [5.74, 6) is -0.380. The standard InChI is InChI=1S/C12H11N5O4/c1-7-3-2-4-8(17(19)20)10(7)21-12-9(11(13)16-18)14-5-6-15-12/h2-6,18H,1H3,(H2,13,16). The molecule has 9 nitrogen and oxygen atoms in total. The molecule has 108 valence electrons. The van der Waals surface area contributed by atoms with Crippen LogP contribution in [0.5, 0.6) is 11.6 Å². The van der Waals surface area contributed by atoms with Gasteiger partial charge >= 0.3 is 5.69 Å². The Balaban J connectivity index is 2.52. The van der Waals surface area contributed by atoms with E-state index in [1.54, 1.807) is 19.1 Å². The summed E-state index contributed by atoms with van der Waals surface area (Å²) in [5.41, 5.74) is 5.78. The number of nitrogens with two attached hydrogens (primary N) is 1. The molecule has 2 aromatic rings. The van der Waals surface area contributed by atoms with Crippen LogP contribution in [-0.4, -0.2) is 25.9 Å². The second-order valence-electron chi connectivity index (χ2n) is 3.98. The van der Waals surface area contributed by atoms with Crippen LogP contribution in [0.15, 0.2) is 35.7 Å². The molecule has 0 aliphatic carbocycles. The summed E-state index contributed by atoms with van der Waals surface area (Å²) in [4.78, 5) is 18.3. The lowest BCUT2D eigenvalue weighted by atomic mass is 10.2. The number of hydrogen-bond acceptors (Lipinski definition) is 7. The summed E-state index contributed by atoms with van der Waals surface area (Å²) < 4.78 is 5.47. The van der Waals surface area contributed by atoms with Gasteiger partial charge in [-0.3, -0.25) is 10.1 Å². The third-order valence-electron chi connectivity index (χ3n) is 2.60. The minimum atomic E-state index is -0.568. The van der Waals surface area contributed by atoms with Crippen molar-refractivity contribution >= 4 is 11.5 Å². The molecule has 0 saturated heterocycles. The lowest BCUT2D eigenvalue weighted by Gasteiger charge is -2.10. The molecule has 0 saturated carbocycles. The van der Waals surface area contributed by atoms with Crippen molar-refractivity contribution in [3.63, 3.8) is 0 Å². The molecule has 9 heteroatoms. The van der Waals surface area contributed by atoms with Gasteiger partial charge in [-0.25, -0.2) is 9.97 Å². The number of benzene rings is 1. The molecule has 0 unspecified atom stereocenters. The fourth-order valence-corrected chi connectivity index (χ4v) is 1.63. The molecule has 0 aliphatic rings. The molecule has 0 spiro atoms. The van der Waals surface area contributed by atoms with Gasteiger partial charge in [0.15, 0.2) is 11.5 Å². The number of hydrogen-bond donors (Lipinski definition) is 2. The Bertz CT molecular complexity index is 717. The van der Waals surface area contributed by atoms with Crippen LogP contribution in [0.2, 0.25) is 0 Å². The molecular formula is C12H11N5O4. The third kappa shape index (κ3) is 2.86. The Morgan fingerprint density at radius 2 is 2.14 bits per heavy atom. The maximum Gasteiger partial charge on any atom is 0.311 e.